The second-order valence-corrected chi connectivity index (χ2v) is 8.27. The van der Waals surface area contributed by atoms with E-state index in [1.807, 2.05) is 19.1 Å². The molecule has 1 heterocycles. The first-order chi connectivity index (χ1) is 10.8. The SMILES string of the molecule is CBC(C)C(C)(C)c1ccc(N2C(=O)CC(SCC)C2=O)cc1. The number of carbonyl (C=O) groups excluding carboxylic acids is 2. The maximum atomic E-state index is 12.4. The molecule has 2 amide bonds. The second kappa shape index (κ2) is 7.12. The average molecular weight is 331 g/mol. The van der Waals surface area contributed by atoms with Crippen LogP contribution in [0.2, 0.25) is 12.6 Å². The van der Waals surface area contributed by atoms with Crippen LogP contribution < -0.4 is 4.90 Å². The number of hydrogen-bond donors (Lipinski definition) is 0. The summed E-state index contributed by atoms with van der Waals surface area (Å²) in [5.41, 5.74) is 2.02. The van der Waals surface area contributed by atoms with Crippen molar-refractivity contribution in [2.75, 3.05) is 10.7 Å². The molecule has 0 N–H and O–H groups in total. The second-order valence-electron chi connectivity index (χ2n) is 6.79. The zero-order valence-electron chi connectivity index (χ0n) is 14.8. The van der Waals surface area contributed by atoms with Crippen molar-refractivity contribution in [2.24, 2.45) is 0 Å². The zero-order valence-corrected chi connectivity index (χ0v) is 15.6. The van der Waals surface area contributed by atoms with E-state index < -0.39 is 0 Å². The van der Waals surface area contributed by atoms with Crippen LogP contribution in [0.15, 0.2) is 24.3 Å². The molecule has 2 atom stereocenters. The molecule has 1 fully saturated rings. The van der Waals surface area contributed by atoms with Gasteiger partial charge in [0.2, 0.25) is 11.8 Å². The number of nitrogens with zero attached hydrogens (tertiary/aromatic N) is 1. The van der Waals surface area contributed by atoms with Crippen molar-refractivity contribution in [2.45, 2.75) is 57.4 Å². The van der Waals surface area contributed by atoms with Crippen LogP contribution in [0.3, 0.4) is 0 Å². The molecule has 0 spiro atoms. The summed E-state index contributed by atoms with van der Waals surface area (Å²) >= 11 is 1.55. The van der Waals surface area contributed by atoms with Gasteiger partial charge in [-0.25, -0.2) is 4.90 Å². The number of thioether (sulfide) groups is 1. The Morgan fingerprint density at radius 1 is 1.30 bits per heavy atom. The quantitative estimate of drug-likeness (QED) is 0.590. The van der Waals surface area contributed by atoms with Crippen molar-refractivity contribution in [1.82, 2.24) is 0 Å². The van der Waals surface area contributed by atoms with Gasteiger partial charge in [0, 0.05) is 6.42 Å². The Morgan fingerprint density at radius 3 is 2.43 bits per heavy atom. The van der Waals surface area contributed by atoms with Crippen LogP contribution in [0.4, 0.5) is 5.69 Å². The predicted octanol–water partition coefficient (Wildman–Crippen LogP) is 3.64. The molecule has 1 aliphatic rings. The Balaban J connectivity index is 2.23. The molecular formula is C18H26BNO2S. The van der Waals surface area contributed by atoms with Gasteiger partial charge in [0.25, 0.3) is 0 Å². The largest absolute Gasteiger partial charge is 0.274 e. The summed E-state index contributed by atoms with van der Waals surface area (Å²) in [6, 6.07) is 7.94. The van der Waals surface area contributed by atoms with E-state index in [-0.39, 0.29) is 22.5 Å². The van der Waals surface area contributed by atoms with Gasteiger partial charge >= 0.3 is 0 Å². The normalized spacial score (nSPS) is 20.0. The van der Waals surface area contributed by atoms with Crippen LogP contribution in [0, 0.1) is 0 Å². The van der Waals surface area contributed by atoms with Crippen LogP contribution in [-0.2, 0) is 15.0 Å². The summed E-state index contributed by atoms with van der Waals surface area (Å²) in [6.45, 7) is 11.0. The minimum Gasteiger partial charge on any atom is -0.274 e. The minimum atomic E-state index is -0.219. The average Bonchev–Trinajstić information content (AvgIpc) is 2.81. The number of amides is 2. The lowest BCUT2D eigenvalue weighted by atomic mass is 9.55. The van der Waals surface area contributed by atoms with Crippen molar-refractivity contribution < 1.29 is 9.59 Å². The Morgan fingerprint density at radius 2 is 1.91 bits per heavy atom. The van der Waals surface area contributed by atoms with Gasteiger partial charge in [-0.1, -0.05) is 52.5 Å². The summed E-state index contributed by atoms with van der Waals surface area (Å²) in [5.74, 6) is 1.25. The lowest BCUT2D eigenvalue weighted by Gasteiger charge is -2.32. The maximum Gasteiger partial charge on any atom is 0.247 e. The molecule has 0 aromatic heterocycles. The third kappa shape index (κ3) is 3.49. The van der Waals surface area contributed by atoms with Gasteiger partial charge in [-0.2, -0.15) is 0 Å². The van der Waals surface area contributed by atoms with E-state index in [0.717, 1.165) is 13.0 Å². The van der Waals surface area contributed by atoms with Gasteiger partial charge in [0.1, 0.15) is 7.28 Å². The van der Waals surface area contributed by atoms with E-state index in [4.69, 9.17) is 0 Å². The molecule has 1 saturated heterocycles. The number of imide groups is 1. The molecule has 1 aliphatic heterocycles. The van der Waals surface area contributed by atoms with Gasteiger partial charge in [-0.15, -0.1) is 11.8 Å². The lowest BCUT2D eigenvalue weighted by molar-refractivity contribution is -0.121. The molecule has 0 saturated carbocycles. The van der Waals surface area contributed by atoms with Crippen molar-refractivity contribution >= 4 is 36.5 Å². The van der Waals surface area contributed by atoms with Gasteiger partial charge < -0.3 is 0 Å². The smallest absolute Gasteiger partial charge is 0.247 e. The fourth-order valence-electron chi connectivity index (χ4n) is 3.04. The topological polar surface area (TPSA) is 37.4 Å². The van der Waals surface area contributed by atoms with E-state index in [9.17, 15) is 9.59 Å². The van der Waals surface area contributed by atoms with Gasteiger partial charge in [0.15, 0.2) is 0 Å². The van der Waals surface area contributed by atoms with Crippen molar-refractivity contribution in [3.8, 4) is 0 Å². The first-order valence-electron chi connectivity index (χ1n) is 8.41. The molecule has 3 nitrogen and oxygen atoms in total. The molecule has 1 aromatic carbocycles. The first kappa shape index (κ1) is 18.1. The van der Waals surface area contributed by atoms with Gasteiger partial charge in [0.05, 0.1) is 10.9 Å². The molecule has 1 aromatic rings. The van der Waals surface area contributed by atoms with E-state index in [2.05, 4.69) is 39.7 Å². The maximum absolute atomic E-state index is 12.4. The molecule has 0 aliphatic carbocycles. The first-order valence-corrected chi connectivity index (χ1v) is 9.46. The van der Waals surface area contributed by atoms with Gasteiger partial charge in [-0.05, 0) is 28.9 Å². The highest BCUT2D eigenvalue weighted by Crippen LogP contribution is 2.36. The minimum absolute atomic E-state index is 0.0733. The summed E-state index contributed by atoms with van der Waals surface area (Å²) in [4.78, 5) is 26.0. The Hall–Kier alpha value is -1.23. The van der Waals surface area contributed by atoms with Crippen LogP contribution >= 0.6 is 11.8 Å². The number of carbonyl (C=O) groups is 2. The van der Waals surface area contributed by atoms with Crippen LogP contribution in [0.1, 0.15) is 39.7 Å². The Kier molecular flexibility index (Phi) is 5.61. The Bertz CT molecular complexity index is 585. The number of rotatable bonds is 6. The molecule has 5 heteroatoms. The lowest BCUT2D eigenvalue weighted by Crippen LogP contribution is -2.31. The standard InChI is InChI=1S/C18H26BNO2S/c1-6-23-15-11-16(21)20(17(15)22)14-9-7-13(8-10-14)18(3,4)12(2)19-5/h7-10,12,15,19H,6,11H2,1-5H3. The van der Waals surface area contributed by atoms with Gasteiger partial charge in [-0.3, -0.25) is 9.59 Å². The highest BCUT2D eigenvalue weighted by molar-refractivity contribution is 8.00. The van der Waals surface area contributed by atoms with Crippen molar-refractivity contribution in [3.05, 3.63) is 29.8 Å². The van der Waals surface area contributed by atoms with E-state index >= 15 is 0 Å². The molecule has 23 heavy (non-hydrogen) atoms. The number of benzene rings is 1. The molecule has 0 radical (unpaired) electrons. The van der Waals surface area contributed by atoms with E-state index in [0.29, 0.717) is 17.9 Å². The van der Waals surface area contributed by atoms with Crippen LogP contribution in [0.5, 0.6) is 0 Å². The zero-order chi connectivity index (χ0) is 17.2. The van der Waals surface area contributed by atoms with E-state index in [1.54, 1.807) is 11.8 Å². The summed E-state index contributed by atoms with van der Waals surface area (Å²) in [6.07, 6.45) is 0.317. The number of hydrogen-bond acceptors (Lipinski definition) is 3. The third-order valence-corrected chi connectivity index (χ3v) is 6.29. The highest BCUT2D eigenvalue weighted by Gasteiger charge is 2.39. The molecule has 2 rings (SSSR count). The fourth-order valence-corrected chi connectivity index (χ4v) is 3.95. The van der Waals surface area contributed by atoms with Crippen molar-refractivity contribution in [1.29, 1.82) is 0 Å². The molecular weight excluding hydrogens is 305 g/mol. The molecule has 0 bridgehead atoms. The van der Waals surface area contributed by atoms with E-state index in [1.165, 1.54) is 10.5 Å². The predicted molar refractivity (Wildman–Crippen MR) is 101 cm³/mol. The fraction of sp³-hybridized carbons (Fsp3) is 0.556. The highest BCUT2D eigenvalue weighted by atomic mass is 32.2. The summed E-state index contributed by atoms with van der Waals surface area (Å²) in [7, 11) is 1.12. The molecule has 2 unspecified atom stereocenters. The number of anilines is 1. The summed E-state index contributed by atoms with van der Waals surface area (Å²) in [5, 5.41) is -0.219. The van der Waals surface area contributed by atoms with Crippen LogP contribution in [-0.4, -0.2) is 30.1 Å². The van der Waals surface area contributed by atoms with Crippen LogP contribution in [0.25, 0.3) is 0 Å². The monoisotopic (exact) mass is 331 g/mol. The Labute approximate surface area is 144 Å². The van der Waals surface area contributed by atoms with Crippen molar-refractivity contribution in [3.63, 3.8) is 0 Å². The third-order valence-electron chi connectivity index (χ3n) is 5.19. The molecule has 124 valence electrons. The summed E-state index contributed by atoms with van der Waals surface area (Å²) < 4.78 is 0.